The van der Waals surface area contributed by atoms with Crippen molar-refractivity contribution < 1.29 is 22.8 Å². The molecule has 0 aliphatic carbocycles. The Morgan fingerprint density at radius 3 is 1.97 bits per heavy atom. The second-order valence-corrected chi connectivity index (χ2v) is 19.6. The molecule has 3 heterocycles. The number of fused-ring (bicyclic) bond motifs is 1. The number of nitrogens with zero attached hydrogens (tertiary/aromatic N) is 1. The first kappa shape index (κ1) is 30.5. The summed E-state index contributed by atoms with van der Waals surface area (Å²) in [6.45, 7) is 19.4. The van der Waals surface area contributed by atoms with Gasteiger partial charge >= 0.3 is 22.8 Å². The highest BCUT2D eigenvalue weighted by molar-refractivity contribution is 6.81. The van der Waals surface area contributed by atoms with Gasteiger partial charge in [0.25, 0.3) is 5.56 Å². The van der Waals surface area contributed by atoms with E-state index in [0.717, 1.165) is 24.2 Å². The number of aliphatic hydroxyl groups is 1. The van der Waals surface area contributed by atoms with Crippen LogP contribution in [0.3, 0.4) is 0 Å². The molecular weight excluding hydrogens is 508 g/mol. The first-order valence-corrected chi connectivity index (χ1v) is 18.3. The van der Waals surface area contributed by atoms with E-state index in [4.69, 9.17) is 17.7 Å². The summed E-state index contributed by atoms with van der Waals surface area (Å²) in [6, 6.07) is 4.53. The van der Waals surface area contributed by atoms with Crippen molar-refractivity contribution in [3.63, 3.8) is 0 Å². The first-order chi connectivity index (χ1) is 17.1. The summed E-state index contributed by atoms with van der Waals surface area (Å²) in [4.78, 5) is 26.6. The molecule has 0 amide bonds. The molecule has 0 aromatic carbocycles. The lowest BCUT2D eigenvalue weighted by atomic mass is 9.96. The zero-order valence-electron chi connectivity index (χ0n) is 24.1. The minimum atomic E-state index is -2.94. The number of ether oxygens (including phenoxy) is 1. The SMILES string of the molecule is CC(C)C[Si]1(CC(C)C)OC[C@H]2O[C@@H](n3ccc(=O)[nH]c3=O)[C@](C)(O)[C@@H]2O[Si](CC(C)C)(CC(C)C)O1. The highest BCUT2D eigenvalue weighted by Gasteiger charge is 2.61. The van der Waals surface area contributed by atoms with E-state index >= 15 is 0 Å². The predicted molar refractivity (Wildman–Crippen MR) is 148 cm³/mol. The third-order valence-corrected chi connectivity index (χ3v) is 17.0. The van der Waals surface area contributed by atoms with Crippen LogP contribution in [0.1, 0.15) is 68.5 Å². The number of H-pyrrole nitrogens is 1. The number of rotatable bonds is 9. The molecule has 212 valence electrons. The van der Waals surface area contributed by atoms with Crippen molar-refractivity contribution in [2.45, 2.75) is 111 Å². The fraction of sp³-hybridized carbons (Fsp3) is 0.846. The zero-order valence-corrected chi connectivity index (χ0v) is 26.1. The summed E-state index contributed by atoms with van der Waals surface area (Å²) in [5.41, 5.74) is -2.69. The molecule has 2 fully saturated rings. The quantitative estimate of drug-likeness (QED) is 0.440. The summed E-state index contributed by atoms with van der Waals surface area (Å²) in [7, 11) is -5.66. The summed E-state index contributed by atoms with van der Waals surface area (Å²) >= 11 is 0. The summed E-state index contributed by atoms with van der Waals surface area (Å²) < 4.78 is 28.9. The third-order valence-electron chi connectivity index (χ3n) is 6.92. The average molecular weight is 557 g/mol. The first-order valence-electron chi connectivity index (χ1n) is 13.8. The van der Waals surface area contributed by atoms with E-state index in [2.05, 4.69) is 60.4 Å². The van der Waals surface area contributed by atoms with Crippen LogP contribution in [0.25, 0.3) is 0 Å². The minimum Gasteiger partial charge on any atom is -0.414 e. The lowest BCUT2D eigenvalue weighted by Gasteiger charge is -2.48. The Labute approximate surface area is 223 Å². The van der Waals surface area contributed by atoms with Crippen molar-refractivity contribution in [1.82, 2.24) is 9.55 Å². The molecular formula is C26H48N2O7Si2. The standard InChI is InChI=1S/C26H48N2O7Si2/c1-17(2)13-36(14-18(3)4)32-12-21-23(34-37(35-36,15-19(5)6)16-20(7)8)26(9,31)24(33-21)28-11-10-22(29)27-25(28)30/h10-11,17-21,23-24,31H,12-16H2,1-9H3,(H,27,29,30)/t21-,23-,24-,26-/m1/s1. The Balaban J connectivity index is 2.13. The van der Waals surface area contributed by atoms with E-state index in [1.807, 2.05) is 0 Å². The van der Waals surface area contributed by atoms with Gasteiger partial charge in [-0.05, 0) is 54.8 Å². The number of hydrogen-bond donors (Lipinski definition) is 2. The Kier molecular flexibility index (Phi) is 9.52. The van der Waals surface area contributed by atoms with Crippen molar-refractivity contribution in [2.75, 3.05) is 6.61 Å². The van der Waals surface area contributed by atoms with Crippen LogP contribution in [0.15, 0.2) is 21.9 Å². The normalized spacial score (nSPS) is 29.6. The third kappa shape index (κ3) is 7.11. The number of aromatic nitrogens is 2. The maximum Gasteiger partial charge on any atom is 0.330 e. The lowest BCUT2D eigenvalue weighted by Crippen LogP contribution is -2.64. The Morgan fingerprint density at radius 2 is 1.49 bits per heavy atom. The minimum absolute atomic E-state index is 0.217. The van der Waals surface area contributed by atoms with Crippen LogP contribution in [-0.2, 0) is 17.7 Å². The summed E-state index contributed by atoms with van der Waals surface area (Å²) in [5.74, 6) is 1.45. The van der Waals surface area contributed by atoms with E-state index in [9.17, 15) is 14.7 Å². The molecule has 0 unspecified atom stereocenters. The fourth-order valence-corrected chi connectivity index (χ4v) is 17.6. The van der Waals surface area contributed by atoms with Crippen molar-refractivity contribution in [3.05, 3.63) is 33.1 Å². The number of aromatic amines is 1. The van der Waals surface area contributed by atoms with E-state index in [1.54, 1.807) is 6.92 Å². The molecule has 2 saturated heterocycles. The number of nitrogens with one attached hydrogen (secondary N) is 1. The smallest absolute Gasteiger partial charge is 0.330 e. The largest absolute Gasteiger partial charge is 0.414 e. The molecule has 0 radical (unpaired) electrons. The monoisotopic (exact) mass is 556 g/mol. The maximum absolute atomic E-state index is 12.7. The van der Waals surface area contributed by atoms with Gasteiger partial charge in [-0.3, -0.25) is 14.3 Å². The Hall–Kier alpha value is -1.09. The van der Waals surface area contributed by atoms with Gasteiger partial charge < -0.3 is 22.8 Å². The number of hydrogen-bond acceptors (Lipinski definition) is 7. The van der Waals surface area contributed by atoms with Crippen LogP contribution in [0.2, 0.25) is 24.2 Å². The van der Waals surface area contributed by atoms with Crippen LogP contribution in [0.5, 0.6) is 0 Å². The molecule has 0 bridgehead atoms. The molecule has 1 aromatic rings. The van der Waals surface area contributed by atoms with E-state index in [-0.39, 0.29) is 6.61 Å². The van der Waals surface area contributed by atoms with Crippen LogP contribution in [-0.4, -0.2) is 56.2 Å². The van der Waals surface area contributed by atoms with Gasteiger partial charge in [-0.15, -0.1) is 0 Å². The topological polar surface area (TPSA) is 112 Å². The zero-order chi connectivity index (χ0) is 27.8. The van der Waals surface area contributed by atoms with Gasteiger partial charge in [0.15, 0.2) is 6.23 Å². The molecule has 1 aromatic heterocycles. The van der Waals surface area contributed by atoms with Crippen LogP contribution < -0.4 is 11.2 Å². The van der Waals surface area contributed by atoms with Crippen molar-refractivity contribution >= 4 is 17.1 Å². The van der Waals surface area contributed by atoms with E-state index < -0.39 is 52.4 Å². The summed E-state index contributed by atoms with van der Waals surface area (Å²) in [5, 5.41) is 11.9. The Morgan fingerprint density at radius 1 is 0.973 bits per heavy atom. The molecule has 2 N–H and O–H groups in total. The van der Waals surface area contributed by atoms with Gasteiger partial charge in [-0.25, -0.2) is 4.79 Å². The molecule has 37 heavy (non-hydrogen) atoms. The highest BCUT2D eigenvalue weighted by Crippen LogP contribution is 2.46. The lowest BCUT2D eigenvalue weighted by molar-refractivity contribution is -0.0971. The second kappa shape index (κ2) is 11.6. The maximum atomic E-state index is 12.7. The Bertz CT molecular complexity index is 1000. The van der Waals surface area contributed by atoms with Crippen LogP contribution in [0, 0.1) is 23.7 Å². The second-order valence-electron chi connectivity index (χ2n) is 12.9. The van der Waals surface area contributed by atoms with Gasteiger partial charge in [0.1, 0.15) is 17.8 Å². The van der Waals surface area contributed by atoms with Crippen LogP contribution in [0.4, 0.5) is 0 Å². The van der Waals surface area contributed by atoms with Gasteiger partial charge in [-0.1, -0.05) is 55.4 Å². The average Bonchev–Trinajstić information content (AvgIpc) is 2.93. The molecule has 9 nitrogen and oxygen atoms in total. The van der Waals surface area contributed by atoms with Crippen molar-refractivity contribution in [1.29, 1.82) is 0 Å². The fourth-order valence-electron chi connectivity index (χ4n) is 6.07. The molecule has 3 rings (SSSR count). The summed E-state index contributed by atoms with van der Waals surface area (Å²) in [6.07, 6.45) is -1.00. The molecule has 2 aliphatic heterocycles. The van der Waals surface area contributed by atoms with E-state index in [1.165, 1.54) is 16.8 Å². The van der Waals surface area contributed by atoms with Crippen LogP contribution >= 0.6 is 0 Å². The molecule has 2 aliphatic rings. The van der Waals surface area contributed by atoms with Gasteiger partial charge in [0.2, 0.25) is 0 Å². The highest BCUT2D eigenvalue weighted by atomic mass is 28.5. The van der Waals surface area contributed by atoms with Crippen molar-refractivity contribution in [3.8, 4) is 0 Å². The molecule has 4 atom stereocenters. The van der Waals surface area contributed by atoms with Crippen molar-refractivity contribution in [2.24, 2.45) is 23.7 Å². The molecule has 0 spiro atoms. The molecule has 0 saturated carbocycles. The van der Waals surface area contributed by atoms with Gasteiger partial charge in [-0.2, -0.15) is 0 Å². The molecule has 11 heteroatoms. The van der Waals surface area contributed by atoms with Gasteiger partial charge in [0.05, 0.1) is 6.61 Å². The van der Waals surface area contributed by atoms with E-state index in [0.29, 0.717) is 23.7 Å². The van der Waals surface area contributed by atoms with Gasteiger partial charge in [0, 0.05) is 12.3 Å². The predicted octanol–water partition coefficient (Wildman–Crippen LogP) is 4.13.